The van der Waals surface area contributed by atoms with Crippen molar-refractivity contribution in [2.45, 2.75) is 12.5 Å². The Hall–Kier alpha value is -1.60. The predicted molar refractivity (Wildman–Crippen MR) is 66.4 cm³/mol. The summed E-state index contributed by atoms with van der Waals surface area (Å²) >= 11 is 0. The number of ether oxygens (including phenoxy) is 1. The molecule has 0 N–H and O–H groups in total. The lowest BCUT2D eigenvalue weighted by Gasteiger charge is -2.19. The lowest BCUT2D eigenvalue weighted by molar-refractivity contribution is 0.0810. The fraction of sp³-hybridized carbons (Fsp3) is 0.200. The summed E-state index contributed by atoms with van der Waals surface area (Å²) in [6.45, 7) is 0.824. The molecule has 0 bridgehead atoms. The van der Waals surface area contributed by atoms with Crippen molar-refractivity contribution in [2.75, 3.05) is 6.61 Å². The van der Waals surface area contributed by atoms with Crippen molar-refractivity contribution in [3.63, 3.8) is 0 Å². The third-order valence-corrected chi connectivity index (χ3v) is 3.02. The summed E-state index contributed by atoms with van der Waals surface area (Å²) in [5, 5.41) is 2.57. The van der Waals surface area contributed by atoms with Gasteiger partial charge in [0.15, 0.2) is 0 Å². The molecule has 3 rings (SSSR count). The van der Waals surface area contributed by atoms with E-state index in [0.717, 1.165) is 13.0 Å². The van der Waals surface area contributed by atoms with Crippen LogP contribution in [0.25, 0.3) is 10.8 Å². The lowest BCUT2D eigenvalue weighted by atomic mass is 9.99. The van der Waals surface area contributed by atoms with Crippen molar-refractivity contribution in [1.29, 1.82) is 0 Å². The van der Waals surface area contributed by atoms with Gasteiger partial charge in [0.2, 0.25) is 0 Å². The first-order valence-corrected chi connectivity index (χ1v) is 5.71. The van der Waals surface area contributed by atoms with Crippen LogP contribution in [0, 0.1) is 0 Å². The minimum atomic E-state index is 0.125. The molecule has 0 saturated carbocycles. The fourth-order valence-electron chi connectivity index (χ4n) is 2.23. The van der Waals surface area contributed by atoms with E-state index in [-0.39, 0.29) is 6.10 Å². The van der Waals surface area contributed by atoms with E-state index in [4.69, 9.17) is 4.74 Å². The second-order valence-electron chi connectivity index (χ2n) is 4.08. The summed E-state index contributed by atoms with van der Waals surface area (Å²) in [6, 6.07) is 14.9. The van der Waals surface area contributed by atoms with E-state index in [1.807, 2.05) is 0 Å². The molecule has 1 aliphatic heterocycles. The highest BCUT2D eigenvalue weighted by molar-refractivity contribution is 5.86. The number of fused-ring (bicyclic) bond motifs is 1. The molecule has 2 aromatic rings. The summed E-state index contributed by atoms with van der Waals surface area (Å²) in [6.07, 6.45) is 5.52. The van der Waals surface area contributed by atoms with E-state index in [1.165, 1.54) is 16.3 Å². The van der Waals surface area contributed by atoms with Crippen molar-refractivity contribution < 1.29 is 4.74 Å². The van der Waals surface area contributed by atoms with Crippen molar-refractivity contribution in [3.8, 4) is 0 Å². The highest BCUT2D eigenvalue weighted by Gasteiger charge is 2.13. The van der Waals surface area contributed by atoms with Crippen LogP contribution in [-0.2, 0) is 4.74 Å². The van der Waals surface area contributed by atoms with Crippen LogP contribution in [0.1, 0.15) is 18.1 Å². The third-order valence-electron chi connectivity index (χ3n) is 3.02. The van der Waals surface area contributed by atoms with Crippen molar-refractivity contribution in [2.24, 2.45) is 0 Å². The Kier molecular flexibility index (Phi) is 2.47. The zero-order valence-electron chi connectivity index (χ0n) is 9.10. The largest absolute Gasteiger partial charge is 0.369 e. The van der Waals surface area contributed by atoms with Crippen LogP contribution in [0.4, 0.5) is 0 Å². The van der Waals surface area contributed by atoms with Gasteiger partial charge in [-0.05, 0) is 22.8 Å². The first-order chi connectivity index (χ1) is 7.95. The SMILES string of the molecule is C1=CC(c2cccc3ccccc23)OCC1. The van der Waals surface area contributed by atoms with Crippen molar-refractivity contribution >= 4 is 10.8 Å². The van der Waals surface area contributed by atoms with Crippen molar-refractivity contribution in [3.05, 3.63) is 60.2 Å². The summed E-state index contributed by atoms with van der Waals surface area (Å²) in [5.41, 5.74) is 1.27. The van der Waals surface area contributed by atoms with E-state index in [0.29, 0.717) is 0 Å². The average Bonchev–Trinajstić information content (AvgIpc) is 2.39. The Balaban J connectivity index is 2.15. The molecule has 1 aliphatic rings. The van der Waals surface area contributed by atoms with E-state index >= 15 is 0 Å². The summed E-state index contributed by atoms with van der Waals surface area (Å²) < 4.78 is 5.79. The Bertz CT molecular complexity index is 522. The second kappa shape index (κ2) is 4.11. The summed E-state index contributed by atoms with van der Waals surface area (Å²) in [5.74, 6) is 0. The molecule has 1 nitrogen and oxygen atoms in total. The smallest absolute Gasteiger partial charge is 0.101 e. The first-order valence-electron chi connectivity index (χ1n) is 5.71. The number of hydrogen-bond donors (Lipinski definition) is 0. The normalized spacial score (nSPS) is 20.1. The molecule has 0 aromatic heterocycles. The highest BCUT2D eigenvalue weighted by Crippen LogP contribution is 2.29. The standard InChI is InChI=1S/C15H14O/c1-2-8-13-12(6-1)7-5-9-14(13)15-10-3-4-11-16-15/h1-3,5-10,15H,4,11H2. The predicted octanol–water partition coefficient (Wildman–Crippen LogP) is 3.86. The van der Waals surface area contributed by atoms with Gasteiger partial charge in [-0.15, -0.1) is 0 Å². The average molecular weight is 210 g/mol. The monoisotopic (exact) mass is 210 g/mol. The van der Waals surface area contributed by atoms with Gasteiger partial charge in [-0.1, -0.05) is 54.6 Å². The molecule has 0 spiro atoms. The minimum Gasteiger partial charge on any atom is -0.369 e. The zero-order valence-corrected chi connectivity index (χ0v) is 9.10. The molecule has 0 aliphatic carbocycles. The summed E-state index contributed by atoms with van der Waals surface area (Å²) in [7, 11) is 0. The molecular weight excluding hydrogens is 196 g/mol. The quantitative estimate of drug-likeness (QED) is 0.649. The maximum absolute atomic E-state index is 5.79. The molecule has 1 atom stereocenters. The molecule has 1 heterocycles. The van der Waals surface area contributed by atoms with Gasteiger partial charge in [0.25, 0.3) is 0 Å². The lowest BCUT2D eigenvalue weighted by Crippen LogP contribution is -2.07. The van der Waals surface area contributed by atoms with Crippen LogP contribution < -0.4 is 0 Å². The molecule has 0 fully saturated rings. The van der Waals surface area contributed by atoms with Crippen LogP contribution in [0.15, 0.2) is 54.6 Å². The minimum absolute atomic E-state index is 0.125. The van der Waals surface area contributed by atoms with Gasteiger partial charge in [0.05, 0.1) is 6.61 Å². The third kappa shape index (κ3) is 1.63. The molecular formula is C15H14O. The maximum Gasteiger partial charge on any atom is 0.101 e. The second-order valence-corrected chi connectivity index (χ2v) is 4.08. The molecule has 1 unspecified atom stereocenters. The van der Waals surface area contributed by atoms with Gasteiger partial charge in [-0.3, -0.25) is 0 Å². The van der Waals surface area contributed by atoms with E-state index in [2.05, 4.69) is 54.6 Å². The van der Waals surface area contributed by atoms with Gasteiger partial charge in [0, 0.05) is 0 Å². The van der Waals surface area contributed by atoms with Gasteiger partial charge >= 0.3 is 0 Å². The Morgan fingerprint density at radius 2 is 1.88 bits per heavy atom. The van der Waals surface area contributed by atoms with Crippen LogP contribution in [0.2, 0.25) is 0 Å². The molecule has 0 saturated heterocycles. The molecule has 16 heavy (non-hydrogen) atoms. The van der Waals surface area contributed by atoms with Crippen LogP contribution in [0.3, 0.4) is 0 Å². The molecule has 1 heteroatoms. The number of benzene rings is 2. The summed E-state index contributed by atoms with van der Waals surface area (Å²) in [4.78, 5) is 0. The van der Waals surface area contributed by atoms with Gasteiger partial charge in [-0.2, -0.15) is 0 Å². The highest BCUT2D eigenvalue weighted by atomic mass is 16.5. The van der Waals surface area contributed by atoms with Gasteiger partial charge in [-0.25, -0.2) is 0 Å². The van der Waals surface area contributed by atoms with E-state index in [1.54, 1.807) is 0 Å². The van der Waals surface area contributed by atoms with Crippen LogP contribution >= 0.6 is 0 Å². The Morgan fingerprint density at radius 3 is 2.75 bits per heavy atom. The Morgan fingerprint density at radius 1 is 1.00 bits per heavy atom. The van der Waals surface area contributed by atoms with E-state index in [9.17, 15) is 0 Å². The number of hydrogen-bond acceptors (Lipinski definition) is 1. The van der Waals surface area contributed by atoms with Crippen LogP contribution in [-0.4, -0.2) is 6.61 Å². The van der Waals surface area contributed by atoms with Gasteiger partial charge < -0.3 is 4.74 Å². The van der Waals surface area contributed by atoms with Gasteiger partial charge in [0.1, 0.15) is 6.10 Å². The topological polar surface area (TPSA) is 9.23 Å². The first kappa shape index (κ1) is 9.61. The maximum atomic E-state index is 5.79. The molecule has 0 amide bonds. The molecule has 2 aromatic carbocycles. The fourth-order valence-corrected chi connectivity index (χ4v) is 2.23. The molecule has 80 valence electrons. The van der Waals surface area contributed by atoms with Crippen LogP contribution in [0.5, 0.6) is 0 Å². The van der Waals surface area contributed by atoms with E-state index < -0.39 is 0 Å². The number of rotatable bonds is 1. The Labute approximate surface area is 95.4 Å². The van der Waals surface area contributed by atoms with Crippen molar-refractivity contribution in [1.82, 2.24) is 0 Å². The zero-order chi connectivity index (χ0) is 10.8. The molecule has 0 radical (unpaired) electrons.